The quantitative estimate of drug-likeness (QED) is 0.724. The Bertz CT molecular complexity index is 950. The summed E-state index contributed by atoms with van der Waals surface area (Å²) in [5, 5.41) is 2.99. The highest BCUT2D eigenvalue weighted by atomic mass is 35.5. The van der Waals surface area contributed by atoms with Gasteiger partial charge in [-0.05, 0) is 24.3 Å². The minimum Gasteiger partial charge on any atom is -0.497 e. The number of benzene rings is 2. The maximum absolute atomic E-state index is 12.4. The summed E-state index contributed by atoms with van der Waals surface area (Å²) in [5.74, 6) is 0.134. The fraction of sp³-hybridized carbons (Fsp3) is 0.235. The molecule has 27 heavy (non-hydrogen) atoms. The lowest BCUT2D eigenvalue weighted by atomic mass is 10.2. The van der Waals surface area contributed by atoms with Crippen molar-refractivity contribution < 1.29 is 22.7 Å². The van der Waals surface area contributed by atoms with Gasteiger partial charge in [0.25, 0.3) is 0 Å². The number of hydrogen-bond donors (Lipinski definition) is 1. The number of carbonyl (C=O) groups excluding carboxylic acids is 1. The number of nitrogens with zero attached hydrogens (tertiary/aromatic N) is 1. The van der Waals surface area contributed by atoms with Crippen molar-refractivity contribution in [2.24, 2.45) is 0 Å². The van der Waals surface area contributed by atoms with Gasteiger partial charge in [0.2, 0.25) is 15.9 Å². The molecule has 2 aromatic carbocycles. The first-order chi connectivity index (χ1) is 12.7. The first kappa shape index (κ1) is 21.1. The van der Waals surface area contributed by atoms with Crippen LogP contribution in [0, 0.1) is 0 Å². The first-order valence-electron chi connectivity index (χ1n) is 7.61. The average molecular weight is 433 g/mol. The predicted molar refractivity (Wildman–Crippen MR) is 107 cm³/mol. The minimum atomic E-state index is -3.78. The van der Waals surface area contributed by atoms with Gasteiger partial charge in [0.05, 0.1) is 41.9 Å². The van der Waals surface area contributed by atoms with E-state index in [2.05, 4.69) is 5.32 Å². The van der Waals surface area contributed by atoms with Gasteiger partial charge in [-0.25, -0.2) is 8.42 Å². The molecule has 146 valence electrons. The molecule has 0 atom stereocenters. The Labute approximate surface area is 167 Å². The molecular weight excluding hydrogens is 415 g/mol. The summed E-state index contributed by atoms with van der Waals surface area (Å²) < 4.78 is 35.8. The van der Waals surface area contributed by atoms with Crippen molar-refractivity contribution in [3.05, 3.63) is 46.4 Å². The minimum absolute atomic E-state index is 0.167. The third kappa shape index (κ3) is 5.18. The van der Waals surface area contributed by atoms with Crippen LogP contribution in [0.25, 0.3) is 0 Å². The lowest BCUT2D eigenvalue weighted by molar-refractivity contribution is -0.114. The van der Waals surface area contributed by atoms with E-state index in [4.69, 9.17) is 32.7 Å². The molecule has 0 radical (unpaired) electrons. The largest absolute Gasteiger partial charge is 0.497 e. The summed E-state index contributed by atoms with van der Waals surface area (Å²) in [6.07, 6.45) is 0.996. The molecule has 0 bridgehead atoms. The molecule has 7 nitrogen and oxygen atoms in total. The number of ether oxygens (including phenoxy) is 2. The molecule has 0 fully saturated rings. The molecule has 0 spiro atoms. The van der Waals surface area contributed by atoms with Crippen molar-refractivity contribution in [1.82, 2.24) is 0 Å². The molecule has 2 rings (SSSR count). The third-order valence-electron chi connectivity index (χ3n) is 3.57. The van der Waals surface area contributed by atoms with Gasteiger partial charge in [-0.1, -0.05) is 29.3 Å². The molecule has 0 saturated heterocycles. The lowest BCUT2D eigenvalue weighted by Gasteiger charge is -2.24. The number of nitrogens with one attached hydrogen (secondary N) is 1. The van der Waals surface area contributed by atoms with Crippen LogP contribution in [0.3, 0.4) is 0 Å². The van der Waals surface area contributed by atoms with E-state index in [1.807, 2.05) is 0 Å². The van der Waals surface area contributed by atoms with Gasteiger partial charge in [-0.2, -0.15) is 0 Å². The molecule has 0 aliphatic heterocycles. The maximum atomic E-state index is 12.4. The summed E-state index contributed by atoms with van der Waals surface area (Å²) in [5.41, 5.74) is 0.484. The Morgan fingerprint density at radius 2 is 1.85 bits per heavy atom. The van der Waals surface area contributed by atoms with Crippen molar-refractivity contribution in [3.8, 4) is 11.5 Å². The second-order valence-corrected chi connectivity index (χ2v) is 8.15. The fourth-order valence-electron chi connectivity index (χ4n) is 2.29. The Morgan fingerprint density at radius 3 is 2.44 bits per heavy atom. The summed E-state index contributed by atoms with van der Waals surface area (Å²) in [7, 11) is -0.913. The third-order valence-corrected chi connectivity index (χ3v) is 5.51. The average Bonchev–Trinajstić information content (AvgIpc) is 2.62. The molecule has 10 heteroatoms. The lowest BCUT2D eigenvalue weighted by Crippen LogP contribution is -2.37. The van der Waals surface area contributed by atoms with E-state index in [1.54, 1.807) is 24.3 Å². The molecule has 0 unspecified atom stereocenters. The van der Waals surface area contributed by atoms with Gasteiger partial charge >= 0.3 is 0 Å². The van der Waals surface area contributed by atoms with Gasteiger partial charge in [0.15, 0.2) is 0 Å². The second-order valence-electron chi connectivity index (χ2n) is 5.46. The molecule has 0 aromatic heterocycles. The highest BCUT2D eigenvalue weighted by Crippen LogP contribution is 2.34. The molecule has 1 N–H and O–H groups in total. The second kappa shape index (κ2) is 8.69. The monoisotopic (exact) mass is 432 g/mol. The number of halogens is 2. The Kier molecular flexibility index (Phi) is 6.80. The van der Waals surface area contributed by atoms with E-state index in [9.17, 15) is 13.2 Å². The summed E-state index contributed by atoms with van der Waals surface area (Å²) >= 11 is 12.0. The van der Waals surface area contributed by atoms with E-state index in [0.29, 0.717) is 5.75 Å². The van der Waals surface area contributed by atoms with E-state index < -0.39 is 22.5 Å². The number of methoxy groups -OCH3 is 2. The van der Waals surface area contributed by atoms with Crippen LogP contribution in [-0.2, 0) is 14.8 Å². The fourth-order valence-corrected chi connectivity index (χ4v) is 3.50. The van der Waals surface area contributed by atoms with Gasteiger partial charge in [0, 0.05) is 6.07 Å². The van der Waals surface area contributed by atoms with E-state index in [1.165, 1.54) is 26.4 Å². The van der Waals surface area contributed by atoms with Crippen LogP contribution in [0.15, 0.2) is 36.4 Å². The molecule has 1 amide bonds. The van der Waals surface area contributed by atoms with Crippen LogP contribution in [-0.4, -0.2) is 41.3 Å². The molecule has 2 aromatic rings. The van der Waals surface area contributed by atoms with Crippen LogP contribution >= 0.6 is 23.2 Å². The maximum Gasteiger partial charge on any atom is 0.245 e. The smallest absolute Gasteiger partial charge is 0.245 e. The number of anilines is 2. The SMILES string of the molecule is COc1ccc(N(CC(=O)Nc2cccc(Cl)c2Cl)S(C)(=O)=O)c(OC)c1. The standard InChI is InChI=1S/C17H18Cl2N2O5S/c1-25-11-7-8-14(15(9-11)26-2)21(27(3,23)24)10-16(22)20-13-6-4-5-12(18)17(13)19/h4-9H,10H2,1-3H3,(H,20,22). The van der Waals surface area contributed by atoms with Crippen molar-refractivity contribution >= 4 is 50.5 Å². The van der Waals surface area contributed by atoms with Crippen molar-refractivity contribution in [1.29, 1.82) is 0 Å². The zero-order chi connectivity index (χ0) is 20.2. The van der Waals surface area contributed by atoms with Gasteiger partial charge in [0.1, 0.15) is 18.0 Å². The normalized spacial score (nSPS) is 11.0. The summed E-state index contributed by atoms with van der Waals surface area (Å²) in [6.45, 7) is -0.482. The van der Waals surface area contributed by atoms with Crippen LogP contribution in [0.1, 0.15) is 0 Å². The van der Waals surface area contributed by atoms with Crippen molar-refractivity contribution in [2.45, 2.75) is 0 Å². The van der Waals surface area contributed by atoms with Gasteiger partial charge in [-0.3, -0.25) is 9.10 Å². The van der Waals surface area contributed by atoms with E-state index in [-0.39, 0.29) is 27.2 Å². The zero-order valence-electron chi connectivity index (χ0n) is 14.8. The zero-order valence-corrected chi connectivity index (χ0v) is 17.2. The molecule has 0 aliphatic rings. The summed E-state index contributed by atoms with van der Waals surface area (Å²) in [4.78, 5) is 12.4. The number of rotatable bonds is 7. The molecule has 0 heterocycles. The number of amides is 1. The summed E-state index contributed by atoms with van der Waals surface area (Å²) in [6, 6.07) is 9.35. The van der Waals surface area contributed by atoms with Crippen molar-refractivity contribution in [2.75, 3.05) is 36.6 Å². The predicted octanol–water partition coefficient (Wildman–Crippen LogP) is 3.42. The van der Waals surface area contributed by atoms with Crippen LogP contribution < -0.4 is 19.1 Å². The highest BCUT2D eigenvalue weighted by molar-refractivity contribution is 7.92. The number of sulfonamides is 1. The Hall–Kier alpha value is -2.16. The van der Waals surface area contributed by atoms with Crippen LogP contribution in [0.5, 0.6) is 11.5 Å². The number of hydrogen-bond acceptors (Lipinski definition) is 5. The molecular formula is C17H18Cl2N2O5S. The van der Waals surface area contributed by atoms with E-state index in [0.717, 1.165) is 10.6 Å². The highest BCUT2D eigenvalue weighted by Gasteiger charge is 2.24. The van der Waals surface area contributed by atoms with Crippen molar-refractivity contribution in [3.63, 3.8) is 0 Å². The van der Waals surface area contributed by atoms with Gasteiger partial charge in [-0.15, -0.1) is 0 Å². The Balaban J connectivity index is 2.33. The van der Waals surface area contributed by atoms with E-state index >= 15 is 0 Å². The topological polar surface area (TPSA) is 84.9 Å². The first-order valence-corrected chi connectivity index (χ1v) is 10.2. The Morgan fingerprint density at radius 1 is 1.15 bits per heavy atom. The van der Waals surface area contributed by atoms with Crippen LogP contribution in [0.2, 0.25) is 10.0 Å². The molecule has 0 saturated carbocycles. The van der Waals surface area contributed by atoms with Crippen LogP contribution in [0.4, 0.5) is 11.4 Å². The van der Waals surface area contributed by atoms with Gasteiger partial charge < -0.3 is 14.8 Å². The molecule has 0 aliphatic carbocycles. The number of carbonyl (C=O) groups is 1.